The average molecular weight is 735 g/mol. The molecule has 14 N–H and O–H groups in total. The number of aliphatic carboxylic acids is 2. The van der Waals surface area contributed by atoms with Crippen molar-refractivity contribution in [1.29, 1.82) is 0 Å². The smallest absolute Gasteiger partial charge is 0.326 e. The van der Waals surface area contributed by atoms with Crippen LogP contribution >= 0.6 is 11.8 Å². The molecule has 5 atom stereocenters. The molecule has 4 amide bonds. The van der Waals surface area contributed by atoms with Gasteiger partial charge in [0.2, 0.25) is 23.6 Å². The number of amides is 4. The predicted octanol–water partition coefficient (Wildman–Crippen LogP) is -2.08. The van der Waals surface area contributed by atoms with Crippen LogP contribution < -0.4 is 38.5 Å². The van der Waals surface area contributed by atoms with Crippen LogP contribution in [0, 0.1) is 0 Å². The van der Waals surface area contributed by atoms with E-state index in [1.807, 2.05) is 0 Å². The highest BCUT2D eigenvalue weighted by Gasteiger charge is 2.32. The van der Waals surface area contributed by atoms with Crippen molar-refractivity contribution in [3.05, 3.63) is 48.0 Å². The lowest BCUT2D eigenvalue weighted by atomic mass is 10.0. The predicted molar refractivity (Wildman–Crippen MR) is 187 cm³/mol. The van der Waals surface area contributed by atoms with Gasteiger partial charge in [-0.05, 0) is 55.4 Å². The maximum absolute atomic E-state index is 13.8. The highest BCUT2D eigenvalue weighted by Crippen LogP contribution is 2.13. The van der Waals surface area contributed by atoms with Crippen molar-refractivity contribution in [2.24, 2.45) is 22.2 Å². The Morgan fingerprint density at radius 3 is 2.00 bits per heavy atom. The number of aromatic amines is 1. The molecule has 0 saturated heterocycles. The number of benzene rings is 1. The number of aromatic hydroxyl groups is 1. The number of rotatable bonds is 23. The summed E-state index contributed by atoms with van der Waals surface area (Å²) in [4.78, 5) is 87.2. The number of carbonyl (C=O) groups is 6. The third-order valence-corrected chi connectivity index (χ3v) is 8.07. The van der Waals surface area contributed by atoms with E-state index in [4.69, 9.17) is 22.3 Å². The number of aromatic nitrogens is 2. The van der Waals surface area contributed by atoms with Crippen LogP contribution in [-0.4, -0.2) is 116 Å². The fraction of sp³-hybridized carbons (Fsp3) is 0.484. The second kappa shape index (κ2) is 21.7. The third kappa shape index (κ3) is 15.8. The summed E-state index contributed by atoms with van der Waals surface area (Å²) in [6.45, 7) is 0.236. The lowest BCUT2D eigenvalue weighted by Crippen LogP contribution is -2.59. The van der Waals surface area contributed by atoms with Gasteiger partial charge < -0.3 is 58.8 Å². The summed E-state index contributed by atoms with van der Waals surface area (Å²) in [5.41, 5.74) is 17.7. The molecule has 2 rings (SSSR count). The lowest BCUT2D eigenvalue weighted by molar-refractivity contribution is -0.143. The Morgan fingerprint density at radius 1 is 0.843 bits per heavy atom. The molecule has 2 aromatic rings. The van der Waals surface area contributed by atoms with Gasteiger partial charge in [-0.2, -0.15) is 11.8 Å². The van der Waals surface area contributed by atoms with E-state index in [1.165, 1.54) is 36.4 Å². The number of guanidine groups is 1. The number of aliphatic imine (C=N–C) groups is 1. The number of nitrogens with zero attached hydrogens (tertiary/aromatic N) is 2. The Labute approximate surface area is 298 Å². The van der Waals surface area contributed by atoms with Crippen LogP contribution in [0.5, 0.6) is 5.75 Å². The van der Waals surface area contributed by atoms with E-state index < -0.39 is 72.2 Å². The van der Waals surface area contributed by atoms with Gasteiger partial charge in [-0.25, -0.2) is 9.78 Å². The summed E-state index contributed by atoms with van der Waals surface area (Å²) in [5.74, 6) is -5.51. The quantitative estimate of drug-likeness (QED) is 0.0332. The Morgan fingerprint density at radius 2 is 1.43 bits per heavy atom. The number of thioether (sulfide) groups is 1. The molecular formula is C31H46N10O9S. The largest absolute Gasteiger partial charge is 0.508 e. The van der Waals surface area contributed by atoms with Crippen molar-refractivity contribution < 1.29 is 44.1 Å². The number of H-pyrrole nitrogens is 1. The molecule has 0 spiro atoms. The molecule has 0 bridgehead atoms. The number of nitrogens with one attached hydrogen (secondary N) is 5. The molecular weight excluding hydrogens is 688 g/mol. The zero-order valence-corrected chi connectivity index (χ0v) is 28.9. The van der Waals surface area contributed by atoms with E-state index in [1.54, 1.807) is 18.4 Å². The lowest BCUT2D eigenvalue weighted by Gasteiger charge is -2.26. The number of nitrogens with two attached hydrogens (primary N) is 3. The highest BCUT2D eigenvalue weighted by atomic mass is 32.2. The first-order chi connectivity index (χ1) is 24.2. The number of imidazole rings is 1. The van der Waals surface area contributed by atoms with Gasteiger partial charge in [-0.1, -0.05) is 12.1 Å². The normalized spacial score (nSPS) is 13.8. The molecule has 0 saturated carbocycles. The van der Waals surface area contributed by atoms with Crippen LogP contribution in [0.1, 0.15) is 43.4 Å². The molecule has 0 aliphatic rings. The van der Waals surface area contributed by atoms with Crippen LogP contribution in [0.4, 0.5) is 0 Å². The number of phenolic OH excluding ortho intramolecular Hbond substituents is 1. The Balaban J connectivity index is 2.31. The molecule has 19 nitrogen and oxygen atoms in total. The van der Waals surface area contributed by atoms with Gasteiger partial charge in [0.15, 0.2) is 5.96 Å². The van der Waals surface area contributed by atoms with Crippen molar-refractivity contribution in [1.82, 2.24) is 31.2 Å². The topological polar surface area (TPSA) is 330 Å². The van der Waals surface area contributed by atoms with Gasteiger partial charge in [0.05, 0.1) is 12.4 Å². The number of carboxylic acid groups (broad SMARTS) is 2. The molecule has 20 heteroatoms. The molecule has 1 heterocycles. The summed E-state index contributed by atoms with van der Waals surface area (Å²) in [7, 11) is 0. The first-order valence-electron chi connectivity index (χ1n) is 15.9. The number of phenols is 1. The van der Waals surface area contributed by atoms with E-state index in [-0.39, 0.29) is 50.4 Å². The summed E-state index contributed by atoms with van der Waals surface area (Å²) < 4.78 is 0. The summed E-state index contributed by atoms with van der Waals surface area (Å²) in [5, 5.41) is 38.4. The second-order valence-electron chi connectivity index (χ2n) is 11.5. The van der Waals surface area contributed by atoms with Gasteiger partial charge in [-0.3, -0.25) is 29.0 Å². The summed E-state index contributed by atoms with van der Waals surface area (Å²) >= 11 is 1.37. The zero-order valence-electron chi connectivity index (χ0n) is 28.0. The minimum Gasteiger partial charge on any atom is -0.508 e. The van der Waals surface area contributed by atoms with E-state index >= 15 is 0 Å². The molecule has 0 aliphatic carbocycles. The van der Waals surface area contributed by atoms with E-state index in [2.05, 4.69) is 36.2 Å². The van der Waals surface area contributed by atoms with Crippen LogP contribution in [-0.2, 0) is 41.6 Å². The van der Waals surface area contributed by atoms with Crippen molar-refractivity contribution in [3.63, 3.8) is 0 Å². The molecule has 51 heavy (non-hydrogen) atoms. The van der Waals surface area contributed by atoms with Crippen molar-refractivity contribution in [2.75, 3.05) is 18.6 Å². The summed E-state index contributed by atoms with van der Waals surface area (Å²) in [6.07, 6.45) is 4.16. The first-order valence-corrected chi connectivity index (χ1v) is 17.3. The number of carbonyl (C=O) groups excluding carboxylic acids is 4. The molecule has 1 aromatic heterocycles. The summed E-state index contributed by atoms with van der Waals surface area (Å²) in [6, 6.07) is -0.436. The molecule has 280 valence electrons. The van der Waals surface area contributed by atoms with Crippen LogP contribution in [0.3, 0.4) is 0 Å². The fourth-order valence-electron chi connectivity index (χ4n) is 4.68. The maximum atomic E-state index is 13.8. The van der Waals surface area contributed by atoms with Crippen molar-refractivity contribution in [3.8, 4) is 5.75 Å². The van der Waals surface area contributed by atoms with Gasteiger partial charge >= 0.3 is 11.9 Å². The molecule has 1 aromatic carbocycles. The van der Waals surface area contributed by atoms with Crippen LogP contribution in [0.25, 0.3) is 0 Å². The highest BCUT2D eigenvalue weighted by molar-refractivity contribution is 7.98. The minimum absolute atomic E-state index is 0.0144. The van der Waals surface area contributed by atoms with Gasteiger partial charge in [-0.15, -0.1) is 0 Å². The average Bonchev–Trinajstić information content (AvgIpc) is 3.59. The van der Waals surface area contributed by atoms with Crippen molar-refractivity contribution in [2.45, 2.75) is 75.2 Å². The number of hydrogen-bond acceptors (Lipinski definition) is 11. The van der Waals surface area contributed by atoms with E-state index in [0.29, 0.717) is 23.4 Å². The Hall–Kier alpha value is -5.37. The Kier molecular flexibility index (Phi) is 17.8. The third-order valence-electron chi connectivity index (χ3n) is 7.43. The van der Waals surface area contributed by atoms with Crippen molar-refractivity contribution >= 4 is 53.3 Å². The van der Waals surface area contributed by atoms with Crippen LogP contribution in [0.2, 0.25) is 0 Å². The van der Waals surface area contributed by atoms with Crippen LogP contribution in [0.15, 0.2) is 41.8 Å². The van der Waals surface area contributed by atoms with E-state index in [9.17, 15) is 39.0 Å². The molecule has 0 aliphatic heterocycles. The first kappa shape index (κ1) is 41.8. The molecule has 0 fully saturated rings. The maximum Gasteiger partial charge on any atom is 0.326 e. The minimum atomic E-state index is -1.52. The van der Waals surface area contributed by atoms with Gasteiger partial charge in [0.1, 0.15) is 29.9 Å². The monoisotopic (exact) mass is 734 g/mol. The number of carboxylic acids is 2. The van der Waals surface area contributed by atoms with Gasteiger partial charge in [0.25, 0.3) is 0 Å². The standard InChI is InChI=1S/C31H46N10O9S/c1-51-12-10-21(27(46)39-22(30(49)50)8-9-25(43)44)38-29(48)24(14-18-15-35-16-37-18)41-28(47)23(13-17-4-6-19(42)7-5-17)40-26(45)20(32)3-2-11-36-31(33)34/h4-7,15-16,20-24,42H,2-3,8-14,32H2,1H3,(H,35,37)(H,38,48)(H,39,46)(H,40,45)(H,41,47)(H,43,44)(H,49,50)(H4,33,34,36)/t20-,21-,22-,23-,24-/m0/s1. The zero-order chi connectivity index (χ0) is 37.9. The fourth-order valence-corrected chi connectivity index (χ4v) is 5.15. The van der Waals surface area contributed by atoms with Gasteiger partial charge in [0, 0.05) is 37.7 Å². The molecule has 0 unspecified atom stereocenters. The van der Waals surface area contributed by atoms with E-state index in [0.717, 1.165) is 0 Å². The SMILES string of the molecule is CSCC[C@H](NC(=O)[C@H](Cc1cnc[nH]1)NC(=O)[C@H](Cc1ccc(O)cc1)NC(=O)[C@@H](N)CCCN=C(N)N)C(=O)N[C@@H](CCC(=O)O)C(=O)O. The Bertz CT molecular complexity index is 1490. The molecule has 0 radical (unpaired) electrons. The second-order valence-corrected chi connectivity index (χ2v) is 12.5. The number of hydrogen-bond donors (Lipinski definition) is 11.